The summed E-state index contributed by atoms with van der Waals surface area (Å²) < 4.78 is 36.2. The maximum atomic E-state index is 12.1. The highest BCUT2D eigenvalue weighted by molar-refractivity contribution is 6.35. The maximum Gasteiger partial charge on any atom is 0.414 e. The van der Waals surface area contributed by atoms with Gasteiger partial charge in [-0.1, -0.05) is 29.3 Å². The Morgan fingerprint density at radius 1 is 1.20 bits per heavy atom. The van der Waals surface area contributed by atoms with E-state index in [2.05, 4.69) is 0 Å². The smallest absolute Gasteiger partial charge is 0.383 e. The van der Waals surface area contributed by atoms with Crippen LogP contribution in [0, 0.1) is 0 Å². The molecule has 0 aliphatic heterocycles. The van der Waals surface area contributed by atoms with Crippen LogP contribution in [-0.4, -0.2) is 17.4 Å². The number of hydrogen-bond donors (Lipinski definition) is 1. The fraction of sp³-hybridized carbons (Fsp3) is 0.333. The third-order valence-corrected chi connectivity index (χ3v) is 2.55. The molecule has 15 heavy (non-hydrogen) atoms. The van der Waals surface area contributed by atoms with Gasteiger partial charge in [0.15, 0.2) is 6.10 Å². The number of halogens is 5. The summed E-state index contributed by atoms with van der Waals surface area (Å²) in [6, 6.07) is 4.37. The van der Waals surface area contributed by atoms with Gasteiger partial charge in [0.05, 0.1) is 0 Å². The third-order valence-electron chi connectivity index (χ3n) is 1.84. The first-order valence-electron chi connectivity index (χ1n) is 4.00. The summed E-state index contributed by atoms with van der Waals surface area (Å²) in [4.78, 5) is 0. The fourth-order valence-electron chi connectivity index (χ4n) is 1.04. The van der Waals surface area contributed by atoms with Crippen LogP contribution in [0.2, 0.25) is 10.0 Å². The Kier molecular flexibility index (Phi) is 3.87. The molecule has 0 fully saturated rings. The molecular formula is C9H7Cl2F3O. The molecule has 0 aliphatic carbocycles. The Hall–Kier alpha value is -0.450. The van der Waals surface area contributed by atoms with E-state index in [-0.39, 0.29) is 15.6 Å². The molecule has 0 bridgehead atoms. The standard InChI is InChI=1S/C9H7Cl2F3O/c10-6-2-1-3-7(11)5(6)4-8(15)9(12,13)14/h1-3,8,15H,4H2/t8-/m1/s1. The highest BCUT2D eigenvalue weighted by atomic mass is 35.5. The monoisotopic (exact) mass is 258 g/mol. The Morgan fingerprint density at radius 2 is 1.67 bits per heavy atom. The van der Waals surface area contributed by atoms with Gasteiger partial charge in [0.1, 0.15) is 0 Å². The minimum Gasteiger partial charge on any atom is -0.383 e. The summed E-state index contributed by atoms with van der Waals surface area (Å²) in [6.45, 7) is 0. The van der Waals surface area contributed by atoms with Gasteiger partial charge in [0.25, 0.3) is 0 Å². The topological polar surface area (TPSA) is 20.2 Å². The largest absolute Gasteiger partial charge is 0.414 e. The summed E-state index contributed by atoms with van der Waals surface area (Å²) >= 11 is 11.3. The molecule has 0 amide bonds. The first-order valence-corrected chi connectivity index (χ1v) is 4.75. The zero-order chi connectivity index (χ0) is 11.6. The van der Waals surface area contributed by atoms with Crippen molar-refractivity contribution in [1.29, 1.82) is 0 Å². The summed E-state index contributed by atoms with van der Waals surface area (Å²) in [6.07, 6.45) is -7.75. The van der Waals surface area contributed by atoms with Gasteiger partial charge in [-0.05, 0) is 17.7 Å². The van der Waals surface area contributed by atoms with Crippen LogP contribution < -0.4 is 0 Å². The van der Waals surface area contributed by atoms with Gasteiger partial charge in [-0.3, -0.25) is 0 Å². The summed E-state index contributed by atoms with van der Waals surface area (Å²) in [7, 11) is 0. The lowest BCUT2D eigenvalue weighted by Gasteiger charge is -2.15. The van der Waals surface area contributed by atoms with Crippen LogP contribution in [0.4, 0.5) is 13.2 Å². The van der Waals surface area contributed by atoms with E-state index < -0.39 is 18.7 Å². The number of rotatable bonds is 2. The Balaban J connectivity index is 2.90. The highest BCUT2D eigenvalue weighted by Crippen LogP contribution is 2.29. The van der Waals surface area contributed by atoms with Gasteiger partial charge in [-0.25, -0.2) is 0 Å². The lowest BCUT2D eigenvalue weighted by atomic mass is 10.1. The lowest BCUT2D eigenvalue weighted by molar-refractivity contribution is -0.203. The number of aliphatic hydroxyl groups excluding tert-OH is 1. The van der Waals surface area contributed by atoms with E-state index >= 15 is 0 Å². The van der Waals surface area contributed by atoms with Crippen LogP contribution in [0.5, 0.6) is 0 Å². The first kappa shape index (κ1) is 12.6. The normalized spacial score (nSPS) is 14.0. The van der Waals surface area contributed by atoms with Crippen LogP contribution in [0.15, 0.2) is 18.2 Å². The van der Waals surface area contributed by atoms with Crippen molar-refractivity contribution in [2.45, 2.75) is 18.7 Å². The Morgan fingerprint density at radius 3 is 2.07 bits per heavy atom. The third kappa shape index (κ3) is 3.26. The van der Waals surface area contributed by atoms with Crippen LogP contribution in [0.1, 0.15) is 5.56 Å². The van der Waals surface area contributed by atoms with Crippen molar-refractivity contribution < 1.29 is 18.3 Å². The van der Waals surface area contributed by atoms with Gasteiger partial charge in [0, 0.05) is 16.5 Å². The van der Waals surface area contributed by atoms with E-state index in [1.54, 1.807) is 0 Å². The van der Waals surface area contributed by atoms with E-state index in [1.807, 2.05) is 0 Å². The minimum absolute atomic E-state index is 0.102. The molecule has 0 saturated heterocycles. The molecule has 1 aromatic carbocycles. The minimum atomic E-state index is -4.66. The molecule has 84 valence electrons. The average Bonchev–Trinajstić information content (AvgIpc) is 2.09. The summed E-state index contributed by atoms with van der Waals surface area (Å²) in [5.41, 5.74) is 0.102. The molecule has 0 aliphatic rings. The predicted octanol–water partition coefficient (Wildman–Crippen LogP) is 3.46. The van der Waals surface area contributed by atoms with E-state index in [9.17, 15) is 13.2 Å². The van der Waals surface area contributed by atoms with E-state index in [4.69, 9.17) is 28.3 Å². The second-order valence-corrected chi connectivity index (χ2v) is 3.78. The van der Waals surface area contributed by atoms with Crippen LogP contribution in [0.25, 0.3) is 0 Å². The SMILES string of the molecule is O[C@H](Cc1c(Cl)cccc1Cl)C(F)(F)F. The molecule has 0 unspecified atom stereocenters. The van der Waals surface area contributed by atoms with Crippen molar-refractivity contribution in [3.05, 3.63) is 33.8 Å². The Labute approximate surface area is 94.4 Å². The Bertz CT molecular complexity index is 331. The van der Waals surface area contributed by atoms with Crippen LogP contribution in [-0.2, 0) is 6.42 Å². The van der Waals surface area contributed by atoms with E-state index in [0.29, 0.717) is 0 Å². The number of benzene rings is 1. The molecule has 0 radical (unpaired) electrons. The molecule has 0 saturated carbocycles. The van der Waals surface area contributed by atoms with Gasteiger partial charge in [0.2, 0.25) is 0 Å². The van der Waals surface area contributed by atoms with Crippen molar-refractivity contribution in [2.75, 3.05) is 0 Å². The number of alkyl halides is 3. The first-order chi connectivity index (χ1) is 6.82. The molecule has 0 heterocycles. The molecule has 0 aromatic heterocycles. The summed E-state index contributed by atoms with van der Waals surface area (Å²) in [5.74, 6) is 0. The number of aliphatic hydroxyl groups is 1. The van der Waals surface area contributed by atoms with Gasteiger partial charge in [-0.2, -0.15) is 13.2 Å². The van der Waals surface area contributed by atoms with Crippen molar-refractivity contribution >= 4 is 23.2 Å². The van der Waals surface area contributed by atoms with Crippen molar-refractivity contribution in [3.8, 4) is 0 Å². The quantitative estimate of drug-likeness (QED) is 0.862. The molecule has 6 heteroatoms. The van der Waals surface area contributed by atoms with Crippen LogP contribution in [0.3, 0.4) is 0 Å². The molecule has 1 N–H and O–H groups in total. The molecule has 1 atom stereocenters. The summed E-state index contributed by atoms with van der Waals surface area (Å²) in [5, 5.41) is 9.08. The van der Waals surface area contributed by atoms with Gasteiger partial charge in [-0.15, -0.1) is 0 Å². The molecule has 1 aromatic rings. The highest BCUT2D eigenvalue weighted by Gasteiger charge is 2.38. The molecular weight excluding hydrogens is 252 g/mol. The second kappa shape index (κ2) is 4.60. The predicted molar refractivity (Wildman–Crippen MR) is 52.2 cm³/mol. The number of hydrogen-bond acceptors (Lipinski definition) is 1. The van der Waals surface area contributed by atoms with Crippen molar-refractivity contribution in [2.24, 2.45) is 0 Å². The van der Waals surface area contributed by atoms with E-state index in [0.717, 1.165) is 0 Å². The van der Waals surface area contributed by atoms with Gasteiger partial charge < -0.3 is 5.11 Å². The zero-order valence-electron chi connectivity index (χ0n) is 7.35. The second-order valence-electron chi connectivity index (χ2n) is 2.96. The van der Waals surface area contributed by atoms with Gasteiger partial charge >= 0.3 is 6.18 Å². The molecule has 0 spiro atoms. The zero-order valence-corrected chi connectivity index (χ0v) is 8.87. The van der Waals surface area contributed by atoms with Crippen molar-refractivity contribution in [1.82, 2.24) is 0 Å². The van der Waals surface area contributed by atoms with Crippen molar-refractivity contribution in [3.63, 3.8) is 0 Å². The lowest BCUT2D eigenvalue weighted by Crippen LogP contribution is -2.30. The van der Waals surface area contributed by atoms with Crippen LogP contribution >= 0.6 is 23.2 Å². The average molecular weight is 259 g/mol. The maximum absolute atomic E-state index is 12.1. The fourth-order valence-corrected chi connectivity index (χ4v) is 1.59. The molecule has 1 nitrogen and oxygen atoms in total. The molecule has 1 rings (SSSR count). The van der Waals surface area contributed by atoms with E-state index in [1.165, 1.54) is 18.2 Å².